The molecule has 0 aliphatic rings. The third-order valence-electron chi connectivity index (χ3n) is 3.14. The average molecular weight is 327 g/mol. The third-order valence-corrected chi connectivity index (χ3v) is 3.14. The Labute approximate surface area is 137 Å². The Morgan fingerprint density at radius 3 is 2.67 bits per heavy atom. The fourth-order valence-electron chi connectivity index (χ4n) is 1.98. The van der Waals surface area contributed by atoms with Gasteiger partial charge in [-0.1, -0.05) is 35.5 Å². The van der Waals surface area contributed by atoms with Crippen molar-refractivity contribution in [3.05, 3.63) is 77.7 Å². The highest BCUT2D eigenvalue weighted by atomic mass is 19.1. The van der Waals surface area contributed by atoms with Crippen molar-refractivity contribution in [2.45, 2.75) is 13.2 Å². The quantitative estimate of drug-likeness (QED) is 0.753. The van der Waals surface area contributed by atoms with Crippen LogP contribution in [0.3, 0.4) is 0 Å². The highest BCUT2D eigenvalue weighted by molar-refractivity contribution is 5.94. The van der Waals surface area contributed by atoms with Gasteiger partial charge in [0.05, 0.1) is 12.1 Å². The van der Waals surface area contributed by atoms with E-state index in [0.717, 1.165) is 0 Å². The molecule has 0 spiro atoms. The molecular weight excluding hydrogens is 313 g/mol. The first-order valence-corrected chi connectivity index (χ1v) is 7.24. The van der Waals surface area contributed by atoms with Crippen LogP contribution in [0.15, 0.2) is 59.1 Å². The number of para-hydroxylation sites is 1. The molecule has 1 N–H and O–H groups in total. The van der Waals surface area contributed by atoms with Gasteiger partial charge in [-0.25, -0.2) is 4.39 Å². The third kappa shape index (κ3) is 3.95. The summed E-state index contributed by atoms with van der Waals surface area (Å²) in [6.07, 6.45) is 0. The van der Waals surface area contributed by atoms with Crippen LogP contribution in [0.1, 0.15) is 22.1 Å². The van der Waals surface area contributed by atoms with Crippen LogP contribution in [0.5, 0.6) is 5.75 Å². The standard InChI is InChI=1S/C17H14FN3O3/c18-14-9-5-4-8-13(14)17(22)19-10-15-20-16(24-21-15)11-23-12-6-2-1-3-7-12/h1-9H,10-11H2,(H,19,22). The summed E-state index contributed by atoms with van der Waals surface area (Å²) in [5.74, 6) is 0.130. The lowest BCUT2D eigenvalue weighted by Crippen LogP contribution is -2.24. The van der Waals surface area contributed by atoms with Gasteiger partial charge in [0.2, 0.25) is 0 Å². The monoisotopic (exact) mass is 327 g/mol. The number of aromatic nitrogens is 2. The average Bonchev–Trinajstić information content (AvgIpc) is 3.07. The highest BCUT2D eigenvalue weighted by Crippen LogP contribution is 2.11. The molecule has 0 saturated carbocycles. The number of carbonyl (C=O) groups excluding carboxylic acids is 1. The summed E-state index contributed by atoms with van der Waals surface area (Å²) in [5.41, 5.74) is -0.0337. The second kappa shape index (κ2) is 7.36. The van der Waals surface area contributed by atoms with Crippen molar-refractivity contribution in [3.8, 4) is 5.75 Å². The SMILES string of the molecule is O=C(NCc1noc(COc2ccccc2)n1)c1ccccc1F. The molecule has 1 aromatic heterocycles. The van der Waals surface area contributed by atoms with Crippen molar-refractivity contribution in [1.82, 2.24) is 15.5 Å². The lowest BCUT2D eigenvalue weighted by atomic mass is 10.2. The number of benzene rings is 2. The predicted molar refractivity (Wildman–Crippen MR) is 82.6 cm³/mol. The summed E-state index contributed by atoms with van der Waals surface area (Å²) in [7, 11) is 0. The van der Waals surface area contributed by atoms with E-state index in [1.54, 1.807) is 6.07 Å². The number of halogens is 1. The van der Waals surface area contributed by atoms with Gasteiger partial charge in [-0.3, -0.25) is 4.79 Å². The molecule has 1 heterocycles. The van der Waals surface area contributed by atoms with E-state index < -0.39 is 11.7 Å². The fraction of sp³-hybridized carbons (Fsp3) is 0.118. The molecule has 24 heavy (non-hydrogen) atoms. The maximum Gasteiger partial charge on any atom is 0.264 e. The van der Waals surface area contributed by atoms with Crippen molar-refractivity contribution >= 4 is 5.91 Å². The fourth-order valence-corrected chi connectivity index (χ4v) is 1.98. The normalized spacial score (nSPS) is 10.4. The summed E-state index contributed by atoms with van der Waals surface area (Å²) >= 11 is 0. The Morgan fingerprint density at radius 1 is 1.12 bits per heavy atom. The van der Waals surface area contributed by atoms with Gasteiger partial charge in [-0.2, -0.15) is 4.98 Å². The van der Waals surface area contributed by atoms with Crippen molar-refractivity contribution < 1.29 is 18.4 Å². The van der Waals surface area contributed by atoms with E-state index in [2.05, 4.69) is 15.5 Å². The first-order valence-electron chi connectivity index (χ1n) is 7.24. The second-order valence-corrected chi connectivity index (χ2v) is 4.87. The van der Waals surface area contributed by atoms with Crippen molar-refractivity contribution in [2.75, 3.05) is 0 Å². The zero-order valence-corrected chi connectivity index (χ0v) is 12.6. The molecule has 0 bridgehead atoms. The van der Waals surface area contributed by atoms with E-state index in [9.17, 15) is 9.18 Å². The minimum Gasteiger partial charge on any atom is -0.484 e. The number of ether oxygens (including phenoxy) is 1. The molecule has 0 saturated heterocycles. The molecule has 1 amide bonds. The Bertz CT molecular complexity index is 821. The van der Waals surface area contributed by atoms with Crippen molar-refractivity contribution in [3.63, 3.8) is 0 Å². The first kappa shape index (κ1) is 15.7. The van der Waals surface area contributed by atoms with Crippen LogP contribution in [0.4, 0.5) is 4.39 Å². The van der Waals surface area contributed by atoms with Crippen LogP contribution >= 0.6 is 0 Å². The van der Waals surface area contributed by atoms with E-state index in [1.165, 1.54) is 18.2 Å². The maximum atomic E-state index is 13.5. The molecule has 0 aliphatic carbocycles. The molecule has 6 nitrogen and oxygen atoms in total. The van der Waals surface area contributed by atoms with Crippen LogP contribution < -0.4 is 10.1 Å². The lowest BCUT2D eigenvalue weighted by Gasteiger charge is -2.03. The van der Waals surface area contributed by atoms with E-state index in [1.807, 2.05) is 30.3 Å². The number of amides is 1. The van der Waals surface area contributed by atoms with Gasteiger partial charge in [-0.05, 0) is 24.3 Å². The number of nitrogens with one attached hydrogen (secondary N) is 1. The minimum atomic E-state index is -0.583. The minimum absolute atomic E-state index is 0.0298. The molecule has 3 aromatic rings. The number of carbonyl (C=O) groups is 1. The Hall–Kier alpha value is -3.22. The smallest absolute Gasteiger partial charge is 0.264 e. The van der Waals surface area contributed by atoms with Crippen molar-refractivity contribution in [1.29, 1.82) is 0 Å². The number of nitrogens with zero attached hydrogens (tertiary/aromatic N) is 2. The summed E-state index contributed by atoms with van der Waals surface area (Å²) in [4.78, 5) is 16.0. The van der Waals surface area contributed by atoms with Gasteiger partial charge >= 0.3 is 0 Å². The summed E-state index contributed by atoms with van der Waals surface area (Å²) in [5, 5.41) is 6.28. The van der Waals surface area contributed by atoms with Crippen LogP contribution in [-0.4, -0.2) is 16.0 Å². The predicted octanol–water partition coefficient (Wildman–Crippen LogP) is 2.72. The van der Waals surface area contributed by atoms with E-state index >= 15 is 0 Å². The molecule has 0 fully saturated rings. The molecule has 7 heteroatoms. The Balaban J connectivity index is 1.53. The van der Waals surface area contributed by atoms with Gasteiger partial charge in [0.15, 0.2) is 12.4 Å². The Morgan fingerprint density at radius 2 is 1.88 bits per heavy atom. The zero-order chi connectivity index (χ0) is 16.8. The van der Waals surface area contributed by atoms with E-state index in [4.69, 9.17) is 9.26 Å². The number of hydrogen-bond acceptors (Lipinski definition) is 5. The molecule has 122 valence electrons. The summed E-state index contributed by atoms with van der Waals surface area (Å²) in [6, 6.07) is 14.9. The molecular formula is C17H14FN3O3. The van der Waals surface area contributed by atoms with E-state index in [0.29, 0.717) is 5.75 Å². The number of rotatable bonds is 6. The molecule has 0 atom stereocenters. The van der Waals surface area contributed by atoms with Crippen molar-refractivity contribution in [2.24, 2.45) is 0 Å². The van der Waals surface area contributed by atoms with Crippen LogP contribution in [-0.2, 0) is 13.2 Å². The largest absolute Gasteiger partial charge is 0.484 e. The molecule has 2 aromatic carbocycles. The van der Waals surface area contributed by atoms with Gasteiger partial charge < -0.3 is 14.6 Å². The molecule has 0 radical (unpaired) electrons. The maximum absolute atomic E-state index is 13.5. The zero-order valence-electron chi connectivity index (χ0n) is 12.6. The van der Waals surface area contributed by atoms with Crippen LogP contribution in [0.25, 0.3) is 0 Å². The summed E-state index contributed by atoms with van der Waals surface area (Å²) < 4.78 is 24.0. The van der Waals surface area contributed by atoms with Gasteiger partial charge in [0.1, 0.15) is 11.6 Å². The van der Waals surface area contributed by atoms with Gasteiger partial charge in [0.25, 0.3) is 11.8 Å². The first-order chi connectivity index (χ1) is 11.7. The van der Waals surface area contributed by atoms with E-state index in [-0.39, 0.29) is 30.4 Å². The van der Waals surface area contributed by atoms with Crippen LogP contribution in [0.2, 0.25) is 0 Å². The molecule has 0 unspecified atom stereocenters. The Kier molecular flexibility index (Phi) is 4.81. The van der Waals surface area contributed by atoms with Gasteiger partial charge in [0, 0.05) is 0 Å². The number of hydrogen-bond donors (Lipinski definition) is 1. The summed E-state index contributed by atoms with van der Waals surface area (Å²) in [6.45, 7) is 0.153. The molecule has 0 aliphatic heterocycles. The molecule has 3 rings (SSSR count). The second-order valence-electron chi connectivity index (χ2n) is 4.87. The van der Waals surface area contributed by atoms with Crippen LogP contribution in [0, 0.1) is 5.82 Å². The topological polar surface area (TPSA) is 77.2 Å². The highest BCUT2D eigenvalue weighted by Gasteiger charge is 2.12. The van der Waals surface area contributed by atoms with Gasteiger partial charge in [-0.15, -0.1) is 0 Å². The lowest BCUT2D eigenvalue weighted by molar-refractivity contribution is 0.0945.